The Kier molecular flexibility index (Phi) is 5.23. The smallest absolute Gasteiger partial charge is 0.166 e. The van der Waals surface area contributed by atoms with E-state index in [1.807, 2.05) is 6.07 Å². The van der Waals surface area contributed by atoms with Crippen molar-refractivity contribution in [1.82, 2.24) is 19.9 Å². The van der Waals surface area contributed by atoms with Crippen LogP contribution in [0.2, 0.25) is 0 Å². The number of nitrogen functional groups attached to an aromatic ring is 1. The van der Waals surface area contributed by atoms with Gasteiger partial charge in [0.1, 0.15) is 18.0 Å². The summed E-state index contributed by atoms with van der Waals surface area (Å²) in [4.78, 5) is 15.2. The van der Waals surface area contributed by atoms with Crippen molar-refractivity contribution in [1.29, 1.82) is 0 Å². The van der Waals surface area contributed by atoms with Crippen LogP contribution in [-0.4, -0.2) is 46.0 Å². The molecule has 0 atom stereocenters. The van der Waals surface area contributed by atoms with Gasteiger partial charge in [-0.2, -0.15) is 0 Å². The van der Waals surface area contributed by atoms with Gasteiger partial charge in [0, 0.05) is 12.6 Å². The summed E-state index contributed by atoms with van der Waals surface area (Å²) in [7, 11) is 2.25. The number of anilines is 2. The zero-order valence-corrected chi connectivity index (χ0v) is 13.8. The summed E-state index contributed by atoms with van der Waals surface area (Å²) < 4.78 is 0. The second-order valence-corrected chi connectivity index (χ2v) is 6.38. The van der Waals surface area contributed by atoms with E-state index in [1.54, 1.807) is 6.07 Å². The van der Waals surface area contributed by atoms with Crippen LogP contribution in [0.5, 0.6) is 0 Å². The van der Waals surface area contributed by atoms with Crippen molar-refractivity contribution < 1.29 is 0 Å². The molecule has 2 aromatic rings. The second kappa shape index (κ2) is 7.55. The molecule has 0 amide bonds. The van der Waals surface area contributed by atoms with Crippen LogP contribution in [-0.2, 0) is 0 Å². The van der Waals surface area contributed by atoms with Crippen molar-refractivity contribution in [2.24, 2.45) is 0 Å². The van der Waals surface area contributed by atoms with Crippen LogP contribution in [0.4, 0.5) is 11.6 Å². The Morgan fingerprint density at radius 2 is 2.04 bits per heavy atom. The van der Waals surface area contributed by atoms with E-state index in [2.05, 4.69) is 32.2 Å². The van der Waals surface area contributed by atoms with E-state index in [0.717, 1.165) is 36.8 Å². The van der Waals surface area contributed by atoms with Crippen LogP contribution >= 0.6 is 0 Å². The Balaban J connectivity index is 1.51. The zero-order valence-electron chi connectivity index (χ0n) is 13.8. The average molecular weight is 314 g/mol. The molecule has 0 unspecified atom stereocenters. The lowest BCUT2D eigenvalue weighted by Gasteiger charge is -2.31. The standard InChI is InChI=1S/C17H26N6/c1-23(13-6-3-2-4-7-13)11-5-10-19-16-14-8-9-15(18)22-17(14)21-12-20-16/h8-9,12-13H,2-7,10-11H2,1H3,(H3,18,19,20,21,22). The SMILES string of the molecule is CN(CCCNc1ncnc2nc(N)ccc12)C1CCCCC1. The average Bonchev–Trinajstić information content (AvgIpc) is 2.59. The Hall–Kier alpha value is -1.95. The summed E-state index contributed by atoms with van der Waals surface area (Å²) >= 11 is 0. The molecule has 2 heterocycles. The van der Waals surface area contributed by atoms with Crippen molar-refractivity contribution in [2.75, 3.05) is 31.2 Å². The molecular formula is C17H26N6. The summed E-state index contributed by atoms with van der Waals surface area (Å²) in [5.41, 5.74) is 6.34. The van der Waals surface area contributed by atoms with E-state index >= 15 is 0 Å². The molecule has 0 bridgehead atoms. The summed E-state index contributed by atoms with van der Waals surface area (Å²) in [6, 6.07) is 4.48. The number of nitrogens with zero attached hydrogens (tertiary/aromatic N) is 4. The number of fused-ring (bicyclic) bond motifs is 1. The molecule has 0 radical (unpaired) electrons. The van der Waals surface area contributed by atoms with Gasteiger partial charge in [-0.05, 0) is 45.0 Å². The zero-order chi connectivity index (χ0) is 16.1. The van der Waals surface area contributed by atoms with E-state index in [9.17, 15) is 0 Å². The number of hydrogen-bond donors (Lipinski definition) is 2. The first-order valence-corrected chi connectivity index (χ1v) is 8.55. The minimum Gasteiger partial charge on any atom is -0.384 e. The quantitative estimate of drug-likeness (QED) is 0.798. The lowest BCUT2D eigenvalue weighted by molar-refractivity contribution is 0.191. The normalized spacial score (nSPS) is 16.1. The molecule has 1 fully saturated rings. The first-order chi connectivity index (χ1) is 11.2. The summed E-state index contributed by atoms with van der Waals surface area (Å²) in [5, 5.41) is 4.33. The van der Waals surface area contributed by atoms with E-state index in [1.165, 1.54) is 38.4 Å². The van der Waals surface area contributed by atoms with Gasteiger partial charge < -0.3 is 16.0 Å². The number of pyridine rings is 1. The minimum absolute atomic E-state index is 0.483. The molecule has 124 valence electrons. The van der Waals surface area contributed by atoms with Crippen LogP contribution in [0.25, 0.3) is 11.0 Å². The fourth-order valence-electron chi connectivity index (χ4n) is 3.34. The lowest BCUT2D eigenvalue weighted by Crippen LogP contribution is -2.34. The molecule has 3 N–H and O–H groups in total. The Bertz CT molecular complexity index is 638. The van der Waals surface area contributed by atoms with E-state index < -0.39 is 0 Å². The number of nitrogens with one attached hydrogen (secondary N) is 1. The van der Waals surface area contributed by atoms with Gasteiger partial charge in [0.2, 0.25) is 0 Å². The maximum atomic E-state index is 5.70. The monoisotopic (exact) mass is 314 g/mol. The van der Waals surface area contributed by atoms with Crippen molar-refractivity contribution in [3.63, 3.8) is 0 Å². The third-order valence-corrected chi connectivity index (χ3v) is 4.70. The molecule has 1 aliphatic rings. The highest BCUT2D eigenvalue weighted by molar-refractivity contribution is 5.86. The molecule has 3 rings (SSSR count). The van der Waals surface area contributed by atoms with Crippen LogP contribution < -0.4 is 11.1 Å². The van der Waals surface area contributed by atoms with E-state index in [-0.39, 0.29) is 0 Å². The highest BCUT2D eigenvalue weighted by Gasteiger charge is 2.17. The van der Waals surface area contributed by atoms with E-state index in [4.69, 9.17) is 5.73 Å². The number of hydrogen-bond acceptors (Lipinski definition) is 6. The molecular weight excluding hydrogens is 288 g/mol. The fraction of sp³-hybridized carbons (Fsp3) is 0.588. The Morgan fingerprint density at radius 1 is 1.22 bits per heavy atom. The predicted molar refractivity (Wildman–Crippen MR) is 94.4 cm³/mol. The number of nitrogens with two attached hydrogens (primary N) is 1. The largest absolute Gasteiger partial charge is 0.384 e. The fourth-order valence-corrected chi connectivity index (χ4v) is 3.34. The molecule has 6 heteroatoms. The van der Waals surface area contributed by atoms with Crippen molar-refractivity contribution >= 4 is 22.7 Å². The Labute approximate surface area is 137 Å². The molecule has 2 aromatic heterocycles. The van der Waals surface area contributed by atoms with Gasteiger partial charge in [-0.1, -0.05) is 19.3 Å². The van der Waals surface area contributed by atoms with Gasteiger partial charge in [-0.3, -0.25) is 0 Å². The van der Waals surface area contributed by atoms with Gasteiger partial charge in [0.25, 0.3) is 0 Å². The van der Waals surface area contributed by atoms with Crippen molar-refractivity contribution in [3.05, 3.63) is 18.5 Å². The van der Waals surface area contributed by atoms with Crippen LogP contribution in [0.3, 0.4) is 0 Å². The summed E-state index contributed by atoms with van der Waals surface area (Å²) in [6.45, 7) is 2.01. The molecule has 1 saturated carbocycles. The van der Waals surface area contributed by atoms with Gasteiger partial charge in [0.05, 0.1) is 5.39 Å². The first kappa shape index (κ1) is 15.9. The molecule has 0 spiro atoms. The van der Waals surface area contributed by atoms with Gasteiger partial charge in [-0.25, -0.2) is 15.0 Å². The predicted octanol–water partition coefficient (Wildman–Crippen LogP) is 2.67. The number of aromatic nitrogens is 3. The van der Waals surface area contributed by atoms with Gasteiger partial charge in [-0.15, -0.1) is 0 Å². The molecule has 0 saturated heterocycles. The molecule has 23 heavy (non-hydrogen) atoms. The lowest BCUT2D eigenvalue weighted by atomic mass is 9.94. The summed E-state index contributed by atoms with van der Waals surface area (Å²) in [5.74, 6) is 1.32. The second-order valence-electron chi connectivity index (χ2n) is 6.38. The van der Waals surface area contributed by atoms with Crippen LogP contribution in [0, 0.1) is 0 Å². The van der Waals surface area contributed by atoms with Crippen LogP contribution in [0.15, 0.2) is 18.5 Å². The molecule has 0 aliphatic heterocycles. The Morgan fingerprint density at radius 3 is 2.87 bits per heavy atom. The molecule has 0 aromatic carbocycles. The number of rotatable bonds is 6. The third-order valence-electron chi connectivity index (χ3n) is 4.70. The maximum Gasteiger partial charge on any atom is 0.166 e. The first-order valence-electron chi connectivity index (χ1n) is 8.55. The van der Waals surface area contributed by atoms with Crippen LogP contribution in [0.1, 0.15) is 38.5 Å². The molecule has 1 aliphatic carbocycles. The summed E-state index contributed by atoms with van der Waals surface area (Å²) in [6.07, 6.45) is 9.52. The highest BCUT2D eigenvalue weighted by Crippen LogP contribution is 2.22. The van der Waals surface area contributed by atoms with E-state index in [0.29, 0.717) is 11.5 Å². The van der Waals surface area contributed by atoms with Crippen molar-refractivity contribution in [3.8, 4) is 0 Å². The third kappa shape index (κ3) is 4.07. The maximum absolute atomic E-state index is 5.70. The molecule has 6 nitrogen and oxygen atoms in total. The minimum atomic E-state index is 0.483. The van der Waals surface area contributed by atoms with Crippen molar-refractivity contribution in [2.45, 2.75) is 44.6 Å². The topological polar surface area (TPSA) is 80.0 Å². The highest BCUT2D eigenvalue weighted by atomic mass is 15.1. The van der Waals surface area contributed by atoms with Gasteiger partial charge in [0.15, 0.2) is 5.65 Å². The van der Waals surface area contributed by atoms with Gasteiger partial charge >= 0.3 is 0 Å².